The fraction of sp³-hybridized carbons (Fsp3) is 0.533. The fourth-order valence-electron chi connectivity index (χ4n) is 2.64. The van der Waals surface area contributed by atoms with Gasteiger partial charge in [0, 0.05) is 13.1 Å². The van der Waals surface area contributed by atoms with Crippen molar-refractivity contribution in [3.63, 3.8) is 0 Å². The fourth-order valence-corrected chi connectivity index (χ4v) is 2.64. The number of nitrogen functional groups attached to an aromatic ring is 1. The number of methoxy groups -OCH3 is 1. The maximum atomic E-state index is 11.6. The van der Waals surface area contributed by atoms with Gasteiger partial charge in [0.1, 0.15) is 0 Å². The maximum Gasteiger partial charge on any atom is 0.337 e. The van der Waals surface area contributed by atoms with E-state index in [-0.39, 0.29) is 5.97 Å². The Balaban J connectivity index is 2.17. The number of esters is 1. The summed E-state index contributed by atoms with van der Waals surface area (Å²) in [5.74, 6) is 0.506. The molecule has 19 heavy (non-hydrogen) atoms. The van der Waals surface area contributed by atoms with Crippen LogP contribution in [0.25, 0.3) is 0 Å². The van der Waals surface area contributed by atoms with Crippen LogP contribution in [-0.4, -0.2) is 26.2 Å². The number of hydrogen-bond donors (Lipinski definition) is 1. The van der Waals surface area contributed by atoms with Gasteiger partial charge >= 0.3 is 5.97 Å². The van der Waals surface area contributed by atoms with Gasteiger partial charge in [-0.15, -0.1) is 0 Å². The van der Waals surface area contributed by atoms with Crippen LogP contribution in [-0.2, 0) is 4.74 Å². The monoisotopic (exact) mass is 262 g/mol. The lowest BCUT2D eigenvalue weighted by Crippen LogP contribution is -2.34. The molecule has 0 aromatic heterocycles. The summed E-state index contributed by atoms with van der Waals surface area (Å²) in [5.41, 5.74) is 8.28. The highest BCUT2D eigenvalue weighted by Crippen LogP contribution is 2.30. The van der Waals surface area contributed by atoms with E-state index in [1.807, 2.05) is 6.07 Å². The van der Waals surface area contributed by atoms with Crippen molar-refractivity contribution >= 4 is 17.3 Å². The molecule has 0 radical (unpaired) electrons. The van der Waals surface area contributed by atoms with Crippen LogP contribution < -0.4 is 10.6 Å². The molecule has 1 heterocycles. The number of piperidine rings is 1. The number of carbonyl (C=O) groups is 1. The van der Waals surface area contributed by atoms with Crippen LogP contribution in [0.2, 0.25) is 0 Å². The zero-order valence-electron chi connectivity index (χ0n) is 11.7. The van der Waals surface area contributed by atoms with Gasteiger partial charge in [0.2, 0.25) is 0 Å². The van der Waals surface area contributed by atoms with Crippen LogP contribution in [0.15, 0.2) is 18.2 Å². The van der Waals surface area contributed by atoms with E-state index < -0.39 is 0 Å². The van der Waals surface area contributed by atoms with E-state index in [0.717, 1.165) is 30.4 Å². The molecular weight excluding hydrogens is 240 g/mol. The van der Waals surface area contributed by atoms with Crippen molar-refractivity contribution in [2.75, 3.05) is 30.8 Å². The molecule has 1 aromatic rings. The summed E-state index contributed by atoms with van der Waals surface area (Å²) in [6.45, 7) is 4.26. The lowest BCUT2D eigenvalue weighted by Gasteiger charge is -2.34. The van der Waals surface area contributed by atoms with Crippen LogP contribution >= 0.6 is 0 Å². The number of anilines is 2. The van der Waals surface area contributed by atoms with Gasteiger partial charge in [0.15, 0.2) is 0 Å². The van der Waals surface area contributed by atoms with Crippen molar-refractivity contribution in [1.82, 2.24) is 0 Å². The molecular formula is C15H22N2O2. The van der Waals surface area contributed by atoms with Crippen LogP contribution in [0.4, 0.5) is 11.4 Å². The number of carbonyl (C=O) groups excluding carboxylic acids is 1. The van der Waals surface area contributed by atoms with Crippen molar-refractivity contribution in [2.24, 2.45) is 5.92 Å². The topological polar surface area (TPSA) is 55.6 Å². The summed E-state index contributed by atoms with van der Waals surface area (Å²) in [6, 6.07) is 5.34. The largest absolute Gasteiger partial charge is 0.465 e. The number of nitrogens with zero attached hydrogens (tertiary/aromatic N) is 1. The quantitative estimate of drug-likeness (QED) is 0.672. The summed E-state index contributed by atoms with van der Waals surface area (Å²) in [5, 5.41) is 0. The van der Waals surface area contributed by atoms with E-state index >= 15 is 0 Å². The second-order valence-electron chi connectivity index (χ2n) is 5.10. The Labute approximate surface area is 114 Å². The average molecular weight is 262 g/mol. The van der Waals surface area contributed by atoms with E-state index in [4.69, 9.17) is 10.5 Å². The highest BCUT2D eigenvalue weighted by Gasteiger charge is 2.20. The third-order valence-electron chi connectivity index (χ3n) is 3.98. The number of rotatable bonds is 3. The Morgan fingerprint density at radius 2 is 2.11 bits per heavy atom. The molecule has 0 spiro atoms. The van der Waals surface area contributed by atoms with Crippen LogP contribution in [0.3, 0.4) is 0 Å². The number of nitrogens with two attached hydrogens (primary N) is 1. The van der Waals surface area contributed by atoms with E-state index in [1.165, 1.54) is 26.4 Å². The van der Waals surface area contributed by atoms with Crippen molar-refractivity contribution in [2.45, 2.75) is 26.2 Å². The molecule has 104 valence electrons. The first kappa shape index (κ1) is 13.7. The molecule has 0 amide bonds. The van der Waals surface area contributed by atoms with E-state index in [0.29, 0.717) is 5.56 Å². The predicted molar refractivity (Wildman–Crippen MR) is 77.4 cm³/mol. The number of ether oxygens (including phenoxy) is 1. The summed E-state index contributed by atoms with van der Waals surface area (Å²) >= 11 is 0. The van der Waals surface area contributed by atoms with E-state index in [1.54, 1.807) is 12.1 Å². The first-order valence-corrected chi connectivity index (χ1v) is 6.88. The van der Waals surface area contributed by atoms with Gasteiger partial charge in [0.05, 0.1) is 24.0 Å². The first-order valence-electron chi connectivity index (χ1n) is 6.88. The molecule has 4 heteroatoms. The van der Waals surface area contributed by atoms with Crippen LogP contribution in [0, 0.1) is 5.92 Å². The first-order chi connectivity index (χ1) is 9.15. The molecule has 0 bridgehead atoms. The van der Waals surface area contributed by atoms with Gasteiger partial charge < -0.3 is 15.4 Å². The van der Waals surface area contributed by atoms with Crippen molar-refractivity contribution in [3.8, 4) is 0 Å². The summed E-state index contributed by atoms with van der Waals surface area (Å²) < 4.78 is 4.75. The summed E-state index contributed by atoms with van der Waals surface area (Å²) in [6.07, 6.45) is 3.63. The van der Waals surface area contributed by atoms with Crippen molar-refractivity contribution < 1.29 is 9.53 Å². The molecule has 0 unspecified atom stereocenters. The van der Waals surface area contributed by atoms with E-state index in [2.05, 4.69) is 11.8 Å². The molecule has 1 aliphatic rings. The third-order valence-corrected chi connectivity index (χ3v) is 3.98. The maximum absolute atomic E-state index is 11.6. The summed E-state index contributed by atoms with van der Waals surface area (Å²) in [7, 11) is 1.39. The van der Waals surface area contributed by atoms with Gasteiger partial charge in [-0.25, -0.2) is 4.79 Å². The average Bonchev–Trinajstić information content (AvgIpc) is 2.47. The van der Waals surface area contributed by atoms with Gasteiger partial charge in [-0.3, -0.25) is 0 Å². The predicted octanol–water partition coefficient (Wildman–Crippen LogP) is 2.68. The minimum absolute atomic E-state index is 0.315. The lowest BCUT2D eigenvalue weighted by atomic mass is 9.94. The second kappa shape index (κ2) is 5.95. The summed E-state index contributed by atoms with van der Waals surface area (Å²) in [4.78, 5) is 13.8. The van der Waals surface area contributed by atoms with Crippen LogP contribution in [0.1, 0.15) is 36.5 Å². The van der Waals surface area contributed by atoms with Crippen molar-refractivity contribution in [3.05, 3.63) is 23.8 Å². The second-order valence-corrected chi connectivity index (χ2v) is 5.10. The Morgan fingerprint density at radius 3 is 2.68 bits per heavy atom. The smallest absolute Gasteiger partial charge is 0.337 e. The van der Waals surface area contributed by atoms with Gasteiger partial charge in [-0.1, -0.05) is 13.3 Å². The SMILES string of the molecule is CCC1CCN(c2cc(C(=O)OC)ccc2N)CC1. The molecule has 2 N–H and O–H groups in total. The molecule has 1 aliphatic heterocycles. The zero-order chi connectivity index (χ0) is 13.8. The molecule has 1 fully saturated rings. The molecule has 0 atom stereocenters. The normalized spacial score (nSPS) is 16.4. The Hall–Kier alpha value is -1.71. The minimum Gasteiger partial charge on any atom is -0.465 e. The highest BCUT2D eigenvalue weighted by atomic mass is 16.5. The third kappa shape index (κ3) is 3.00. The molecule has 0 aliphatic carbocycles. The minimum atomic E-state index is -0.315. The Morgan fingerprint density at radius 1 is 1.42 bits per heavy atom. The van der Waals surface area contributed by atoms with Crippen molar-refractivity contribution in [1.29, 1.82) is 0 Å². The standard InChI is InChI=1S/C15H22N2O2/c1-3-11-6-8-17(9-7-11)14-10-12(15(18)19-2)4-5-13(14)16/h4-5,10-11H,3,6-9,16H2,1-2H3. The number of hydrogen-bond acceptors (Lipinski definition) is 4. The Bertz CT molecular complexity index is 451. The number of benzene rings is 1. The zero-order valence-corrected chi connectivity index (χ0v) is 11.7. The lowest BCUT2D eigenvalue weighted by molar-refractivity contribution is 0.0601. The Kier molecular flexibility index (Phi) is 4.30. The molecule has 1 saturated heterocycles. The highest BCUT2D eigenvalue weighted by molar-refractivity contribution is 5.92. The molecule has 1 aromatic carbocycles. The van der Waals surface area contributed by atoms with E-state index in [9.17, 15) is 4.79 Å². The molecule has 4 nitrogen and oxygen atoms in total. The van der Waals surface area contributed by atoms with Gasteiger partial charge in [-0.05, 0) is 37.0 Å². The van der Waals surface area contributed by atoms with Gasteiger partial charge in [-0.2, -0.15) is 0 Å². The molecule has 0 saturated carbocycles. The molecule has 2 rings (SSSR count). The van der Waals surface area contributed by atoms with Gasteiger partial charge in [0.25, 0.3) is 0 Å². The van der Waals surface area contributed by atoms with Crippen LogP contribution in [0.5, 0.6) is 0 Å².